The summed E-state index contributed by atoms with van der Waals surface area (Å²) in [5, 5.41) is 0. The average Bonchev–Trinajstić information content (AvgIpc) is 3.02. The number of hydrogen-bond acceptors (Lipinski definition) is 6. The first-order chi connectivity index (χ1) is 10.4. The van der Waals surface area contributed by atoms with E-state index in [0.717, 1.165) is 19.3 Å². The highest BCUT2D eigenvalue weighted by molar-refractivity contribution is 5.90. The fourth-order valence-corrected chi connectivity index (χ4v) is 4.51. The van der Waals surface area contributed by atoms with Crippen molar-refractivity contribution in [2.45, 2.75) is 58.3 Å². The number of carbonyl (C=O) groups excluding carboxylic acids is 1. The second kappa shape index (κ2) is 4.54. The maximum atomic E-state index is 11.9. The van der Waals surface area contributed by atoms with E-state index in [2.05, 4.69) is 6.58 Å². The van der Waals surface area contributed by atoms with E-state index < -0.39 is 0 Å². The zero-order valence-corrected chi connectivity index (χ0v) is 13.2. The van der Waals surface area contributed by atoms with Crippen LogP contribution in [0.1, 0.15) is 33.1 Å². The van der Waals surface area contributed by atoms with Gasteiger partial charge in [0.05, 0.1) is 12.5 Å². The molecule has 122 valence electrons. The van der Waals surface area contributed by atoms with E-state index >= 15 is 0 Å². The van der Waals surface area contributed by atoms with Crippen molar-refractivity contribution in [1.29, 1.82) is 0 Å². The van der Waals surface area contributed by atoms with E-state index in [1.165, 1.54) is 7.11 Å². The lowest BCUT2D eigenvalue weighted by atomic mass is 9.76. The fourth-order valence-electron chi connectivity index (χ4n) is 4.51. The summed E-state index contributed by atoms with van der Waals surface area (Å²) in [6.45, 7) is 7.72. The molecule has 22 heavy (non-hydrogen) atoms. The van der Waals surface area contributed by atoms with Gasteiger partial charge in [0.1, 0.15) is 0 Å². The summed E-state index contributed by atoms with van der Waals surface area (Å²) in [5.74, 6) is 0.0660. The second-order valence-electron chi connectivity index (χ2n) is 6.98. The Bertz CT molecular complexity index is 501. The molecule has 2 unspecified atom stereocenters. The molecule has 2 saturated carbocycles. The zero-order chi connectivity index (χ0) is 15.7. The van der Waals surface area contributed by atoms with Crippen LogP contribution in [0.3, 0.4) is 0 Å². The lowest BCUT2D eigenvalue weighted by Gasteiger charge is -2.53. The minimum absolute atomic E-state index is 0.198. The maximum Gasteiger partial charge on any atom is 0.333 e. The summed E-state index contributed by atoms with van der Waals surface area (Å²) in [4.78, 5) is 11.9. The van der Waals surface area contributed by atoms with Crippen LogP contribution >= 0.6 is 0 Å². The van der Waals surface area contributed by atoms with E-state index in [1.54, 1.807) is 0 Å². The predicted octanol–water partition coefficient (Wildman–Crippen LogP) is 1.94. The van der Waals surface area contributed by atoms with Gasteiger partial charge >= 0.3 is 5.97 Å². The predicted molar refractivity (Wildman–Crippen MR) is 74.2 cm³/mol. The summed E-state index contributed by atoms with van der Waals surface area (Å²) in [6.07, 6.45) is 1.48. The summed E-state index contributed by atoms with van der Waals surface area (Å²) in [6, 6.07) is 0. The molecule has 0 bridgehead atoms. The first-order valence-electron chi connectivity index (χ1n) is 7.81. The zero-order valence-electron chi connectivity index (χ0n) is 13.2. The lowest BCUT2D eigenvalue weighted by molar-refractivity contribution is -0.481. The molecule has 0 amide bonds. The molecule has 6 heteroatoms. The Morgan fingerprint density at radius 2 is 1.64 bits per heavy atom. The number of rotatable bonds is 4. The summed E-state index contributed by atoms with van der Waals surface area (Å²) in [5.41, 5.74) is -0.00933. The molecule has 0 spiro atoms. The molecule has 2 atom stereocenters. The van der Waals surface area contributed by atoms with Crippen molar-refractivity contribution in [1.82, 2.24) is 0 Å². The topological polar surface area (TPSA) is 63.2 Å². The molecular formula is C16H22O6. The average molecular weight is 310 g/mol. The van der Waals surface area contributed by atoms with Crippen LogP contribution in [-0.2, 0) is 28.5 Å². The van der Waals surface area contributed by atoms with Gasteiger partial charge in [-0.15, -0.1) is 0 Å². The molecule has 2 aliphatic carbocycles. The minimum atomic E-state index is -0.362. The number of fused-ring (bicyclic) bond motifs is 1. The van der Waals surface area contributed by atoms with Crippen molar-refractivity contribution >= 4 is 5.97 Å². The van der Waals surface area contributed by atoms with Crippen molar-refractivity contribution in [2.75, 3.05) is 7.11 Å². The van der Waals surface area contributed by atoms with Crippen LogP contribution in [0.15, 0.2) is 12.2 Å². The summed E-state index contributed by atoms with van der Waals surface area (Å²) >= 11 is 0. The molecule has 0 aromatic heterocycles. The number of methoxy groups -OCH3 is 1. The van der Waals surface area contributed by atoms with Crippen molar-refractivity contribution in [3.8, 4) is 0 Å². The molecule has 4 rings (SSSR count). The molecule has 0 aromatic carbocycles. The highest BCUT2D eigenvalue weighted by Gasteiger charge is 2.74. The molecule has 0 N–H and O–H groups in total. The Morgan fingerprint density at radius 3 is 2.09 bits per heavy atom. The second-order valence-corrected chi connectivity index (χ2v) is 6.98. The van der Waals surface area contributed by atoms with E-state index in [4.69, 9.17) is 23.7 Å². The molecule has 2 aliphatic heterocycles. The number of esters is 1. The third-order valence-electron chi connectivity index (χ3n) is 5.74. The van der Waals surface area contributed by atoms with Crippen molar-refractivity contribution in [3.63, 3.8) is 0 Å². The van der Waals surface area contributed by atoms with Gasteiger partial charge in [0.25, 0.3) is 0 Å². The van der Waals surface area contributed by atoms with Gasteiger partial charge in [-0.2, -0.15) is 0 Å². The van der Waals surface area contributed by atoms with Gasteiger partial charge in [0.15, 0.2) is 25.2 Å². The molecule has 2 saturated heterocycles. The van der Waals surface area contributed by atoms with Crippen LogP contribution in [0.4, 0.5) is 0 Å². The van der Waals surface area contributed by atoms with E-state index in [9.17, 15) is 4.79 Å². The van der Waals surface area contributed by atoms with Crippen molar-refractivity contribution in [2.24, 2.45) is 16.7 Å². The van der Waals surface area contributed by atoms with Crippen LogP contribution < -0.4 is 0 Å². The SMILES string of the molecule is C=C(C(=O)OC)C12CC1CC(C1OC(C)O1)(C1OC(C)O1)C2. The Labute approximate surface area is 129 Å². The number of hydrogen-bond donors (Lipinski definition) is 0. The molecule has 4 fully saturated rings. The van der Waals surface area contributed by atoms with Crippen LogP contribution in [-0.4, -0.2) is 38.2 Å². The standard InChI is InChI=1S/C16H22O6/c1-8(12(17)18-4)15-5-11(15)6-16(7-15,13-19-9(2)20-13)14-21-10(3)22-14/h9-11,13-14H,1,5-7H2,2-4H3. The van der Waals surface area contributed by atoms with Crippen LogP contribution in [0.5, 0.6) is 0 Å². The van der Waals surface area contributed by atoms with Crippen molar-refractivity contribution in [3.05, 3.63) is 12.2 Å². The first-order valence-corrected chi connectivity index (χ1v) is 7.81. The van der Waals surface area contributed by atoms with Crippen LogP contribution in [0.25, 0.3) is 0 Å². The third kappa shape index (κ3) is 1.78. The molecule has 4 aliphatic rings. The highest BCUT2D eigenvalue weighted by atomic mass is 16.9. The highest BCUT2D eigenvalue weighted by Crippen LogP contribution is 2.75. The Kier molecular flexibility index (Phi) is 3.02. The van der Waals surface area contributed by atoms with E-state index in [-0.39, 0.29) is 42.0 Å². The molecule has 6 nitrogen and oxygen atoms in total. The summed E-state index contributed by atoms with van der Waals surface area (Å²) < 4.78 is 27.9. The minimum Gasteiger partial charge on any atom is -0.466 e. The van der Waals surface area contributed by atoms with Gasteiger partial charge in [0.2, 0.25) is 0 Å². The Morgan fingerprint density at radius 1 is 1.09 bits per heavy atom. The van der Waals surface area contributed by atoms with E-state index in [0.29, 0.717) is 11.5 Å². The van der Waals surface area contributed by atoms with Crippen LogP contribution in [0, 0.1) is 16.7 Å². The monoisotopic (exact) mass is 310 g/mol. The fraction of sp³-hybridized carbons (Fsp3) is 0.812. The maximum absolute atomic E-state index is 11.9. The molecular weight excluding hydrogens is 288 g/mol. The quantitative estimate of drug-likeness (QED) is 0.584. The van der Waals surface area contributed by atoms with Crippen molar-refractivity contribution < 1.29 is 28.5 Å². The van der Waals surface area contributed by atoms with Gasteiger partial charge in [-0.05, 0) is 39.0 Å². The van der Waals surface area contributed by atoms with Crippen LogP contribution in [0.2, 0.25) is 0 Å². The third-order valence-corrected chi connectivity index (χ3v) is 5.74. The molecule has 2 heterocycles. The largest absolute Gasteiger partial charge is 0.466 e. The Balaban J connectivity index is 1.57. The normalized spacial score (nSPS) is 52.2. The van der Waals surface area contributed by atoms with Gasteiger partial charge in [-0.1, -0.05) is 6.58 Å². The number of carbonyl (C=O) groups is 1. The smallest absolute Gasteiger partial charge is 0.333 e. The Hall–Kier alpha value is -0.950. The number of ether oxygens (including phenoxy) is 5. The molecule has 0 radical (unpaired) electrons. The van der Waals surface area contributed by atoms with Gasteiger partial charge in [0, 0.05) is 11.0 Å². The van der Waals surface area contributed by atoms with Gasteiger partial charge in [-0.3, -0.25) is 0 Å². The first kappa shape index (κ1) is 14.6. The lowest BCUT2D eigenvalue weighted by Crippen LogP contribution is -2.61. The summed E-state index contributed by atoms with van der Waals surface area (Å²) in [7, 11) is 1.39. The van der Waals surface area contributed by atoms with Gasteiger partial charge < -0.3 is 23.7 Å². The van der Waals surface area contributed by atoms with E-state index in [1.807, 2.05) is 13.8 Å². The van der Waals surface area contributed by atoms with Gasteiger partial charge in [-0.25, -0.2) is 4.79 Å². The molecule has 0 aromatic rings.